The molecule has 2 amide bonds. The second-order valence-electron chi connectivity index (χ2n) is 8.32. The SMILES string of the molecule is O=C(Nc1ccc(Cl)cc1)[C@H](C1CCCC1)N1CCN(C(=O)c2cccc(F)c2)CC1. The summed E-state index contributed by atoms with van der Waals surface area (Å²) in [6, 6.07) is 12.7. The molecule has 0 radical (unpaired) electrons. The van der Waals surface area contributed by atoms with Crippen molar-refractivity contribution in [1.82, 2.24) is 9.80 Å². The molecule has 1 saturated heterocycles. The molecule has 1 saturated carbocycles. The van der Waals surface area contributed by atoms with E-state index in [1.807, 2.05) is 12.1 Å². The Morgan fingerprint density at radius 2 is 1.68 bits per heavy atom. The van der Waals surface area contributed by atoms with Crippen LogP contribution in [-0.2, 0) is 4.79 Å². The van der Waals surface area contributed by atoms with Crippen LogP contribution in [0, 0.1) is 11.7 Å². The van der Waals surface area contributed by atoms with E-state index in [2.05, 4.69) is 10.2 Å². The van der Waals surface area contributed by atoms with Crippen molar-refractivity contribution in [2.75, 3.05) is 31.5 Å². The minimum absolute atomic E-state index is 0.000806. The molecule has 0 bridgehead atoms. The van der Waals surface area contributed by atoms with Crippen molar-refractivity contribution < 1.29 is 14.0 Å². The van der Waals surface area contributed by atoms with Gasteiger partial charge in [0, 0.05) is 42.5 Å². The molecular weight excluding hydrogens is 417 g/mol. The van der Waals surface area contributed by atoms with Gasteiger partial charge in [-0.2, -0.15) is 0 Å². The maximum atomic E-state index is 13.5. The molecular formula is C24H27ClFN3O2. The zero-order chi connectivity index (χ0) is 21.8. The predicted octanol–water partition coefficient (Wildman–Crippen LogP) is 4.43. The van der Waals surface area contributed by atoms with Gasteiger partial charge >= 0.3 is 0 Å². The van der Waals surface area contributed by atoms with E-state index in [4.69, 9.17) is 11.6 Å². The lowest BCUT2D eigenvalue weighted by atomic mass is 9.94. The summed E-state index contributed by atoms with van der Waals surface area (Å²) >= 11 is 5.95. The van der Waals surface area contributed by atoms with Gasteiger partial charge in [-0.1, -0.05) is 30.5 Å². The number of amides is 2. The van der Waals surface area contributed by atoms with Gasteiger partial charge in [-0.15, -0.1) is 0 Å². The minimum atomic E-state index is -0.412. The maximum absolute atomic E-state index is 13.5. The Morgan fingerprint density at radius 3 is 2.32 bits per heavy atom. The molecule has 2 aromatic rings. The van der Waals surface area contributed by atoms with Crippen molar-refractivity contribution in [3.63, 3.8) is 0 Å². The highest BCUT2D eigenvalue weighted by molar-refractivity contribution is 6.30. The Kier molecular flexibility index (Phi) is 6.88. The van der Waals surface area contributed by atoms with Crippen LogP contribution in [0.1, 0.15) is 36.0 Å². The molecule has 0 unspecified atom stereocenters. The molecule has 7 heteroatoms. The van der Waals surface area contributed by atoms with Crippen molar-refractivity contribution in [2.45, 2.75) is 31.7 Å². The molecule has 1 aliphatic heterocycles. The molecule has 1 aliphatic carbocycles. The fourth-order valence-electron chi connectivity index (χ4n) is 4.71. The Morgan fingerprint density at radius 1 is 1.00 bits per heavy atom. The number of carbonyl (C=O) groups is 2. The van der Waals surface area contributed by atoms with Crippen LogP contribution in [0.15, 0.2) is 48.5 Å². The Labute approximate surface area is 187 Å². The smallest absolute Gasteiger partial charge is 0.254 e. The van der Waals surface area contributed by atoms with Crippen molar-refractivity contribution in [3.8, 4) is 0 Å². The van der Waals surface area contributed by atoms with Crippen molar-refractivity contribution in [3.05, 3.63) is 64.9 Å². The molecule has 0 aromatic heterocycles. The summed E-state index contributed by atoms with van der Waals surface area (Å²) in [6.07, 6.45) is 4.38. The van der Waals surface area contributed by atoms with Crippen LogP contribution in [0.4, 0.5) is 10.1 Å². The molecule has 1 heterocycles. The molecule has 31 heavy (non-hydrogen) atoms. The number of nitrogens with one attached hydrogen (secondary N) is 1. The lowest BCUT2D eigenvalue weighted by Gasteiger charge is -2.40. The standard InChI is InChI=1S/C24H27ClFN3O2/c25-19-8-10-21(11-9-19)27-23(30)22(17-4-1-2-5-17)28-12-14-29(15-13-28)24(31)18-6-3-7-20(26)16-18/h3,6-11,16-17,22H,1-2,4-5,12-15H2,(H,27,30)/t22-/m0/s1. The van der Waals surface area contributed by atoms with Gasteiger partial charge < -0.3 is 10.2 Å². The number of hydrogen-bond acceptors (Lipinski definition) is 3. The van der Waals surface area contributed by atoms with Gasteiger partial charge in [-0.3, -0.25) is 14.5 Å². The predicted molar refractivity (Wildman–Crippen MR) is 120 cm³/mol. The van der Waals surface area contributed by atoms with Crippen LogP contribution in [0.3, 0.4) is 0 Å². The van der Waals surface area contributed by atoms with E-state index in [-0.39, 0.29) is 17.9 Å². The third kappa shape index (κ3) is 5.25. The summed E-state index contributed by atoms with van der Waals surface area (Å²) in [6.45, 7) is 2.28. The highest BCUT2D eigenvalue weighted by Gasteiger charge is 2.37. The summed E-state index contributed by atoms with van der Waals surface area (Å²) in [5, 5.41) is 3.68. The first kappa shape index (κ1) is 21.8. The third-order valence-electron chi connectivity index (χ3n) is 6.29. The largest absolute Gasteiger partial charge is 0.336 e. The van der Waals surface area contributed by atoms with Crippen molar-refractivity contribution in [2.24, 2.45) is 5.92 Å². The number of halogens is 2. The molecule has 1 atom stereocenters. The molecule has 4 rings (SSSR count). The van der Waals surface area contributed by atoms with E-state index in [0.717, 1.165) is 31.4 Å². The third-order valence-corrected chi connectivity index (χ3v) is 6.55. The van der Waals surface area contributed by atoms with Gasteiger partial charge in [0.1, 0.15) is 5.82 Å². The van der Waals surface area contributed by atoms with E-state index in [9.17, 15) is 14.0 Å². The number of hydrogen-bond donors (Lipinski definition) is 1. The quantitative estimate of drug-likeness (QED) is 0.743. The van der Waals surface area contributed by atoms with Crippen molar-refractivity contribution in [1.29, 1.82) is 0 Å². The highest BCUT2D eigenvalue weighted by Crippen LogP contribution is 2.32. The van der Waals surface area contributed by atoms with Crippen LogP contribution in [-0.4, -0.2) is 53.8 Å². The minimum Gasteiger partial charge on any atom is -0.336 e. The number of carbonyl (C=O) groups excluding carboxylic acids is 2. The summed E-state index contributed by atoms with van der Waals surface area (Å²) < 4.78 is 13.5. The first-order chi connectivity index (χ1) is 15.0. The van der Waals surface area contributed by atoms with Gasteiger partial charge in [0.15, 0.2) is 0 Å². The first-order valence-corrected chi connectivity index (χ1v) is 11.2. The van der Waals surface area contributed by atoms with Crippen LogP contribution >= 0.6 is 11.6 Å². The van der Waals surface area contributed by atoms with Crippen LogP contribution in [0.5, 0.6) is 0 Å². The Balaban J connectivity index is 1.43. The second-order valence-corrected chi connectivity index (χ2v) is 8.76. The fraction of sp³-hybridized carbons (Fsp3) is 0.417. The van der Waals surface area contributed by atoms with E-state index in [1.165, 1.54) is 12.1 Å². The Bertz CT molecular complexity index is 923. The van der Waals surface area contributed by atoms with E-state index >= 15 is 0 Å². The number of rotatable bonds is 5. The summed E-state index contributed by atoms with van der Waals surface area (Å²) in [7, 11) is 0. The average molecular weight is 444 g/mol. The van der Waals surface area contributed by atoms with Crippen LogP contribution in [0.2, 0.25) is 5.02 Å². The topological polar surface area (TPSA) is 52.7 Å². The summed E-state index contributed by atoms with van der Waals surface area (Å²) in [4.78, 5) is 29.9. The first-order valence-electron chi connectivity index (χ1n) is 10.9. The van der Waals surface area contributed by atoms with Crippen LogP contribution in [0.25, 0.3) is 0 Å². The fourth-order valence-corrected chi connectivity index (χ4v) is 4.83. The number of nitrogens with zero attached hydrogens (tertiary/aromatic N) is 2. The van der Waals surface area contributed by atoms with E-state index in [0.29, 0.717) is 42.7 Å². The van der Waals surface area contributed by atoms with E-state index < -0.39 is 5.82 Å². The van der Waals surface area contributed by atoms with Gasteiger partial charge in [0.2, 0.25) is 5.91 Å². The van der Waals surface area contributed by atoms with Gasteiger partial charge in [-0.05, 0) is 61.2 Å². The number of anilines is 1. The van der Waals surface area contributed by atoms with E-state index in [1.54, 1.807) is 29.2 Å². The second kappa shape index (κ2) is 9.79. The van der Waals surface area contributed by atoms with Crippen molar-refractivity contribution >= 4 is 29.1 Å². The van der Waals surface area contributed by atoms with Crippen LogP contribution < -0.4 is 5.32 Å². The molecule has 0 spiro atoms. The zero-order valence-electron chi connectivity index (χ0n) is 17.4. The molecule has 2 aliphatic rings. The normalized spacial score (nSPS) is 18.7. The van der Waals surface area contributed by atoms with Gasteiger partial charge in [0.05, 0.1) is 6.04 Å². The number of benzene rings is 2. The average Bonchev–Trinajstić information content (AvgIpc) is 3.30. The highest BCUT2D eigenvalue weighted by atomic mass is 35.5. The summed E-state index contributed by atoms with van der Waals surface area (Å²) in [5.74, 6) is -0.260. The van der Waals surface area contributed by atoms with Gasteiger partial charge in [-0.25, -0.2) is 4.39 Å². The molecule has 164 valence electrons. The summed E-state index contributed by atoms with van der Waals surface area (Å²) in [5.41, 5.74) is 1.10. The number of piperazine rings is 1. The molecule has 2 fully saturated rings. The maximum Gasteiger partial charge on any atom is 0.254 e. The Hall–Kier alpha value is -2.44. The van der Waals surface area contributed by atoms with Gasteiger partial charge in [0.25, 0.3) is 5.91 Å². The lowest BCUT2D eigenvalue weighted by Crippen LogP contribution is -2.56. The molecule has 5 nitrogen and oxygen atoms in total. The lowest BCUT2D eigenvalue weighted by molar-refractivity contribution is -0.123. The molecule has 2 aromatic carbocycles. The zero-order valence-corrected chi connectivity index (χ0v) is 18.2. The monoisotopic (exact) mass is 443 g/mol. The molecule has 1 N–H and O–H groups in total.